The molecule has 0 aliphatic rings. The van der Waals surface area contributed by atoms with Gasteiger partial charge in [-0.15, -0.1) is 0 Å². The van der Waals surface area contributed by atoms with Crippen LogP contribution in [0.4, 0.5) is 0 Å². The lowest BCUT2D eigenvalue weighted by Gasteiger charge is -1.92. The molecule has 1 heterocycles. The van der Waals surface area contributed by atoms with Crippen LogP contribution >= 0.6 is 0 Å². The first-order valence-electron chi connectivity index (χ1n) is 3.92. The van der Waals surface area contributed by atoms with Crippen LogP contribution in [0.2, 0.25) is 0 Å². The summed E-state index contributed by atoms with van der Waals surface area (Å²) in [6.45, 7) is 4.25. The Morgan fingerprint density at radius 2 is 2.50 bits per heavy atom. The number of aromatic nitrogens is 1. The predicted molar refractivity (Wildman–Crippen MR) is 46.9 cm³/mol. The fourth-order valence-electron chi connectivity index (χ4n) is 0.756. The summed E-state index contributed by atoms with van der Waals surface area (Å²) in [6.07, 6.45) is 2.44. The Morgan fingerprint density at radius 1 is 1.75 bits per heavy atom. The van der Waals surface area contributed by atoms with Crippen molar-refractivity contribution in [2.75, 3.05) is 0 Å². The minimum absolute atomic E-state index is 0.438. The van der Waals surface area contributed by atoms with Crippen LogP contribution in [0.25, 0.3) is 0 Å². The summed E-state index contributed by atoms with van der Waals surface area (Å²) in [5, 5.41) is 0. The smallest absolute Gasteiger partial charge is 0.216 e. The van der Waals surface area contributed by atoms with E-state index in [0.29, 0.717) is 18.3 Å². The van der Waals surface area contributed by atoms with E-state index < -0.39 is 0 Å². The van der Waals surface area contributed by atoms with E-state index in [2.05, 4.69) is 9.98 Å². The van der Waals surface area contributed by atoms with Crippen LogP contribution in [0.3, 0.4) is 0 Å². The Bertz CT molecular complexity index is 278. The Balaban J connectivity index is 2.53. The maximum atomic E-state index is 5.51. The molecule has 0 amide bonds. The van der Waals surface area contributed by atoms with Crippen molar-refractivity contribution in [2.45, 2.75) is 26.8 Å². The van der Waals surface area contributed by atoms with Gasteiger partial charge in [0.2, 0.25) is 5.89 Å². The molecule has 1 aromatic heterocycles. The number of amidine groups is 1. The van der Waals surface area contributed by atoms with E-state index in [1.165, 1.54) is 0 Å². The fraction of sp³-hybridized carbons (Fsp3) is 0.500. The zero-order valence-corrected chi connectivity index (χ0v) is 7.37. The van der Waals surface area contributed by atoms with Crippen molar-refractivity contribution in [1.82, 2.24) is 4.98 Å². The number of aliphatic imine (C=N–C) groups is 1. The van der Waals surface area contributed by atoms with Crippen molar-refractivity contribution in [3.63, 3.8) is 0 Å². The van der Waals surface area contributed by atoms with Crippen molar-refractivity contribution in [2.24, 2.45) is 10.7 Å². The number of nitrogens with two attached hydrogens (primary N) is 1. The topological polar surface area (TPSA) is 64.4 Å². The molecule has 0 spiro atoms. The third-order valence-electron chi connectivity index (χ3n) is 1.45. The zero-order chi connectivity index (χ0) is 8.97. The van der Waals surface area contributed by atoms with Crippen molar-refractivity contribution in [1.29, 1.82) is 0 Å². The van der Waals surface area contributed by atoms with E-state index in [9.17, 15) is 0 Å². The zero-order valence-electron chi connectivity index (χ0n) is 7.37. The van der Waals surface area contributed by atoms with Crippen LogP contribution in [0, 0.1) is 6.92 Å². The van der Waals surface area contributed by atoms with Gasteiger partial charge >= 0.3 is 0 Å². The molecular weight excluding hydrogens is 154 g/mol. The van der Waals surface area contributed by atoms with Gasteiger partial charge in [-0.25, -0.2) is 4.98 Å². The van der Waals surface area contributed by atoms with Gasteiger partial charge in [-0.2, -0.15) is 0 Å². The first-order chi connectivity index (χ1) is 5.72. The highest BCUT2D eigenvalue weighted by Gasteiger charge is 1.97. The summed E-state index contributed by atoms with van der Waals surface area (Å²) in [7, 11) is 0. The molecule has 0 aromatic carbocycles. The Morgan fingerprint density at radius 3 is 3.00 bits per heavy atom. The van der Waals surface area contributed by atoms with Gasteiger partial charge in [0.25, 0.3) is 0 Å². The molecule has 0 fully saturated rings. The molecule has 0 radical (unpaired) electrons. The molecule has 4 nitrogen and oxygen atoms in total. The van der Waals surface area contributed by atoms with E-state index in [1.54, 1.807) is 6.20 Å². The summed E-state index contributed by atoms with van der Waals surface area (Å²) in [4.78, 5) is 8.06. The maximum Gasteiger partial charge on any atom is 0.216 e. The number of nitrogens with zero attached hydrogens (tertiary/aromatic N) is 2. The minimum atomic E-state index is 0.438. The largest absolute Gasteiger partial charge is 0.444 e. The highest BCUT2D eigenvalue weighted by atomic mass is 16.4. The summed E-state index contributed by atoms with van der Waals surface area (Å²) < 4.78 is 5.20. The normalized spacial score (nSPS) is 12.0. The summed E-state index contributed by atoms with van der Waals surface area (Å²) in [5.41, 5.74) is 5.51. The third kappa shape index (κ3) is 2.38. The monoisotopic (exact) mass is 167 g/mol. The van der Waals surface area contributed by atoms with Gasteiger partial charge in [0.1, 0.15) is 12.3 Å². The number of oxazole rings is 1. The highest BCUT2D eigenvalue weighted by molar-refractivity contribution is 5.79. The van der Waals surface area contributed by atoms with Crippen molar-refractivity contribution in [3.8, 4) is 0 Å². The van der Waals surface area contributed by atoms with Crippen molar-refractivity contribution >= 4 is 5.84 Å². The predicted octanol–water partition coefficient (Wildman–Crippen LogP) is 1.25. The van der Waals surface area contributed by atoms with Crippen LogP contribution in [0.5, 0.6) is 0 Å². The molecular formula is C8H13N3O. The van der Waals surface area contributed by atoms with Gasteiger partial charge in [0.15, 0.2) is 0 Å². The van der Waals surface area contributed by atoms with Gasteiger partial charge < -0.3 is 10.2 Å². The molecule has 1 aromatic rings. The molecule has 0 bridgehead atoms. The number of hydrogen-bond acceptors (Lipinski definition) is 3. The Hall–Kier alpha value is -1.32. The van der Waals surface area contributed by atoms with Crippen LogP contribution < -0.4 is 5.73 Å². The third-order valence-corrected chi connectivity index (χ3v) is 1.45. The molecule has 2 N–H and O–H groups in total. The van der Waals surface area contributed by atoms with Crippen LogP contribution in [-0.4, -0.2) is 10.8 Å². The molecule has 0 aliphatic carbocycles. The molecule has 0 unspecified atom stereocenters. The van der Waals surface area contributed by atoms with E-state index in [0.717, 1.165) is 12.2 Å². The SMILES string of the molecule is CCC(N)=NCc1ncc(C)o1. The minimum Gasteiger partial charge on any atom is -0.444 e. The first kappa shape index (κ1) is 8.77. The van der Waals surface area contributed by atoms with Crippen molar-refractivity contribution in [3.05, 3.63) is 17.8 Å². The number of rotatable bonds is 3. The fourth-order valence-corrected chi connectivity index (χ4v) is 0.756. The van der Waals surface area contributed by atoms with E-state index in [1.807, 2.05) is 13.8 Å². The summed E-state index contributed by atoms with van der Waals surface area (Å²) in [6, 6.07) is 0. The Labute approximate surface area is 71.5 Å². The molecule has 0 saturated carbocycles. The lowest BCUT2D eigenvalue weighted by Crippen LogP contribution is -2.09. The van der Waals surface area contributed by atoms with Gasteiger partial charge in [-0.1, -0.05) is 6.92 Å². The average molecular weight is 167 g/mol. The number of aryl methyl sites for hydroxylation is 1. The molecule has 0 aliphatic heterocycles. The highest BCUT2D eigenvalue weighted by Crippen LogP contribution is 2.02. The second-order valence-electron chi connectivity index (χ2n) is 2.53. The molecule has 0 saturated heterocycles. The first-order valence-corrected chi connectivity index (χ1v) is 3.92. The van der Waals surface area contributed by atoms with E-state index in [4.69, 9.17) is 10.2 Å². The van der Waals surface area contributed by atoms with E-state index >= 15 is 0 Å². The Kier molecular flexibility index (Phi) is 2.85. The summed E-state index contributed by atoms with van der Waals surface area (Å²) >= 11 is 0. The quantitative estimate of drug-likeness (QED) is 0.544. The lowest BCUT2D eigenvalue weighted by molar-refractivity contribution is 0.474. The molecule has 4 heteroatoms. The molecule has 66 valence electrons. The van der Waals surface area contributed by atoms with Crippen LogP contribution in [-0.2, 0) is 6.54 Å². The maximum absolute atomic E-state index is 5.51. The molecule has 12 heavy (non-hydrogen) atoms. The van der Waals surface area contributed by atoms with Gasteiger partial charge in [0, 0.05) is 6.42 Å². The second-order valence-corrected chi connectivity index (χ2v) is 2.53. The van der Waals surface area contributed by atoms with E-state index in [-0.39, 0.29) is 0 Å². The second kappa shape index (κ2) is 3.90. The average Bonchev–Trinajstić information content (AvgIpc) is 2.47. The van der Waals surface area contributed by atoms with Crippen LogP contribution in [0.1, 0.15) is 25.0 Å². The standard InChI is InChI=1S/C8H13N3O/c1-3-7(9)10-5-8-11-4-6(2)12-8/h4H,3,5H2,1-2H3,(H2,9,10). The molecule has 1 rings (SSSR count). The summed E-state index contributed by atoms with van der Waals surface area (Å²) in [5.74, 6) is 2.05. The molecule has 0 atom stereocenters. The lowest BCUT2D eigenvalue weighted by atomic mass is 10.4. The van der Waals surface area contributed by atoms with Crippen molar-refractivity contribution < 1.29 is 4.42 Å². The van der Waals surface area contributed by atoms with Crippen LogP contribution in [0.15, 0.2) is 15.6 Å². The van der Waals surface area contributed by atoms with Gasteiger partial charge in [-0.3, -0.25) is 4.99 Å². The van der Waals surface area contributed by atoms with Gasteiger partial charge in [-0.05, 0) is 6.92 Å². The number of hydrogen-bond donors (Lipinski definition) is 1. The van der Waals surface area contributed by atoms with Gasteiger partial charge in [0.05, 0.1) is 12.0 Å².